The smallest absolute Gasteiger partial charge is 0.305 e. The van der Waals surface area contributed by atoms with Crippen molar-refractivity contribution in [3.05, 3.63) is 47.5 Å². The molecule has 1 aliphatic rings. The number of aryl methyl sites for hydroxylation is 1. The fourth-order valence-corrected chi connectivity index (χ4v) is 4.17. The van der Waals surface area contributed by atoms with Crippen molar-refractivity contribution in [1.82, 2.24) is 4.98 Å². The summed E-state index contributed by atoms with van der Waals surface area (Å²) in [6.07, 6.45) is 6.52. The molecule has 1 aromatic carbocycles. The minimum atomic E-state index is -0.217. The Hall–Kier alpha value is -2.43. The number of carbonyl (C=O) groups is 1. The number of hydrogen-bond donors (Lipinski definition) is 0. The summed E-state index contributed by atoms with van der Waals surface area (Å²) in [5.74, 6) is 0.463. The molecule has 1 saturated carbocycles. The summed E-state index contributed by atoms with van der Waals surface area (Å²) in [6.45, 7) is 1.94. The van der Waals surface area contributed by atoms with E-state index in [0.29, 0.717) is 18.3 Å². The van der Waals surface area contributed by atoms with Crippen molar-refractivity contribution in [2.24, 2.45) is 5.92 Å². The Labute approximate surface area is 166 Å². The fraction of sp³-hybridized carbons (Fsp3) is 0.478. The molecule has 1 aromatic heterocycles. The van der Waals surface area contributed by atoms with Gasteiger partial charge in [0.25, 0.3) is 0 Å². The topological polar surface area (TPSA) is 42.4 Å². The molecule has 150 valence electrons. The molecule has 0 aliphatic heterocycles. The SMILES string of the molecule is COC(=O)CC1CCC(c2cc(-c3ccc(F)cc3C)c(N(C)C)cn2)CC1. The third-order valence-corrected chi connectivity index (χ3v) is 5.81. The molecule has 0 unspecified atom stereocenters. The second kappa shape index (κ2) is 8.72. The van der Waals surface area contributed by atoms with Crippen molar-refractivity contribution in [3.8, 4) is 11.1 Å². The quantitative estimate of drug-likeness (QED) is 0.673. The Kier molecular flexibility index (Phi) is 6.32. The lowest BCUT2D eigenvalue weighted by Gasteiger charge is -2.28. The molecule has 3 rings (SSSR count). The normalized spacial score (nSPS) is 19.3. The molecular formula is C23H29FN2O2. The fourth-order valence-electron chi connectivity index (χ4n) is 4.17. The first kappa shape index (κ1) is 20.3. The van der Waals surface area contributed by atoms with Gasteiger partial charge in [0.1, 0.15) is 5.82 Å². The summed E-state index contributed by atoms with van der Waals surface area (Å²) < 4.78 is 18.4. The average Bonchev–Trinajstić information content (AvgIpc) is 2.68. The van der Waals surface area contributed by atoms with Gasteiger partial charge >= 0.3 is 5.97 Å². The Bertz CT molecular complexity index is 842. The van der Waals surface area contributed by atoms with Crippen molar-refractivity contribution < 1.29 is 13.9 Å². The number of anilines is 1. The van der Waals surface area contributed by atoms with E-state index < -0.39 is 0 Å². The zero-order chi connectivity index (χ0) is 20.3. The molecule has 1 heterocycles. The van der Waals surface area contributed by atoms with E-state index in [9.17, 15) is 9.18 Å². The van der Waals surface area contributed by atoms with Gasteiger partial charge in [0.2, 0.25) is 0 Å². The first-order valence-corrected chi connectivity index (χ1v) is 9.89. The number of carbonyl (C=O) groups excluding carboxylic acids is 1. The van der Waals surface area contributed by atoms with Crippen LogP contribution in [0.1, 0.15) is 49.3 Å². The number of methoxy groups -OCH3 is 1. The molecule has 0 spiro atoms. The van der Waals surface area contributed by atoms with E-state index in [-0.39, 0.29) is 11.8 Å². The maximum absolute atomic E-state index is 13.6. The Morgan fingerprint density at radius 2 is 1.89 bits per heavy atom. The Morgan fingerprint density at radius 1 is 1.18 bits per heavy atom. The van der Waals surface area contributed by atoms with Crippen molar-refractivity contribution in [3.63, 3.8) is 0 Å². The molecule has 0 radical (unpaired) electrons. The number of halogens is 1. The summed E-state index contributed by atoms with van der Waals surface area (Å²) in [6, 6.07) is 7.11. The largest absolute Gasteiger partial charge is 0.469 e. The molecule has 4 nitrogen and oxygen atoms in total. The molecule has 28 heavy (non-hydrogen) atoms. The van der Waals surface area contributed by atoms with Gasteiger partial charge in [0.05, 0.1) is 19.0 Å². The summed E-state index contributed by atoms with van der Waals surface area (Å²) in [7, 11) is 5.44. The third-order valence-electron chi connectivity index (χ3n) is 5.81. The maximum atomic E-state index is 13.6. The number of pyridine rings is 1. The second-order valence-electron chi connectivity index (χ2n) is 7.98. The number of esters is 1. The molecular weight excluding hydrogens is 355 g/mol. The molecule has 0 bridgehead atoms. The lowest BCUT2D eigenvalue weighted by atomic mass is 9.78. The minimum absolute atomic E-state index is 0.119. The van der Waals surface area contributed by atoms with E-state index in [2.05, 4.69) is 6.07 Å². The van der Waals surface area contributed by atoms with Crippen molar-refractivity contribution in [2.45, 2.75) is 44.9 Å². The molecule has 1 fully saturated rings. The van der Waals surface area contributed by atoms with Crippen molar-refractivity contribution in [1.29, 1.82) is 0 Å². The van der Waals surface area contributed by atoms with Crippen LogP contribution in [0, 0.1) is 18.7 Å². The first-order chi connectivity index (χ1) is 13.4. The van der Waals surface area contributed by atoms with E-state index in [1.165, 1.54) is 13.2 Å². The number of benzene rings is 1. The van der Waals surface area contributed by atoms with Crippen LogP contribution in [0.25, 0.3) is 11.1 Å². The van der Waals surface area contributed by atoms with Gasteiger partial charge in [-0.3, -0.25) is 9.78 Å². The van der Waals surface area contributed by atoms with Crippen LogP contribution in [0.2, 0.25) is 0 Å². The van der Waals surface area contributed by atoms with Crippen molar-refractivity contribution >= 4 is 11.7 Å². The molecule has 0 atom stereocenters. The van der Waals surface area contributed by atoms with Gasteiger partial charge in [-0.1, -0.05) is 6.07 Å². The van der Waals surface area contributed by atoms with Crippen molar-refractivity contribution in [2.75, 3.05) is 26.1 Å². The summed E-state index contributed by atoms with van der Waals surface area (Å²) >= 11 is 0. The summed E-state index contributed by atoms with van der Waals surface area (Å²) in [5.41, 5.74) is 5.15. The van der Waals surface area contributed by atoms with Crippen LogP contribution in [0.5, 0.6) is 0 Å². The molecule has 0 amide bonds. The van der Waals surface area contributed by atoms with Gasteiger partial charge in [0, 0.05) is 37.7 Å². The zero-order valence-electron chi connectivity index (χ0n) is 17.2. The van der Waals surface area contributed by atoms with Crippen LogP contribution in [-0.4, -0.2) is 32.2 Å². The molecule has 5 heteroatoms. The monoisotopic (exact) mass is 384 g/mol. The van der Waals surface area contributed by atoms with E-state index >= 15 is 0 Å². The minimum Gasteiger partial charge on any atom is -0.469 e. The number of rotatable bonds is 5. The van der Waals surface area contributed by atoms with Gasteiger partial charge < -0.3 is 9.64 Å². The summed E-state index contributed by atoms with van der Waals surface area (Å²) in [4.78, 5) is 18.3. The highest BCUT2D eigenvalue weighted by Crippen LogP contribution is 2.39. The number of ether oxygens (including phenoxy) is 1. The highest BCUT2D eigenvalue weighted by molar-refractivity contribution is 5.80. The second-order valence-corrected chi connectivity index (χ2v) is 7.98. The maximum Gasteiger partial charge on any atom is 0.305 e. The number of aromatic nitrogens is 1. The van der Waals surface area contributed by atoms with Gasteiger partial charge in [-0.25, -0.2) is 4.39 Å². The van der Waals surface area contributed by atoms with Crippen LogP contribution >= 0.6 is 0 Å². The molecule has 2 aromatic rings. The van der Waals surface area contributed by atoms with Crippen LogP contribution in [0.15, 0.2) is 30.5 Å². The van der Waals surface area contributed by atoms with Crippen LogP contribution < -0.4 is 4.90 Å². The lowest BCUT2D eigenvalue weighted by molar-refractivity contribution is -0.142. The van der Waals surface area contributed by atoms with Gasteiger partial charge in [-0.2, -0.15) is 0 Å². The van der Waals surface area contributed by atoms with Gasteiger partial charge in [0.15, 0.2) is 0 Å². The van der Waals surface area contributed by atoms with Crippen LogP contribution in [-0.2, 0) is 9.53 Å². The molecule has 0 N–H and O–H groups in total. The van der Waals surface area contributed by atoms with E-state index in [4.69, 9.17) is 9.72 Å². The van der Waals surface area contributed by atoms with E-state index in [1.54, 1.807) is 6.07 Å². The number of hydrogen-bond acceptors (Lipinski definition) is 4. The first-order valence-electron chi connectivity index (χ1n) is 9.89. The summed E-state index contributed by atoms with van der Waals surface area (Å²) in [5, 5.41) is 0. The third kappa shape index (κ3) is 4.51. The van der Waals surface area contributed by atoms with E-state index in [0.717, 1.165) is 53.8 Å². The molecule has 0 saturated heterocycles. The van der Waals surface area contributed by atoms with E-state index in [1.807, 2.05) is 38.2 Å². The zero-order valence-corrected chi connectivity index (χ0v) is 17.2. The number of nitrogens with zero attached hydrogens (tertiary/aromatic N) is 2. The highest BCUT2D eigenvalue weighted by atomic mass is 19.1. The van der Waals surface area contributed by atoms with Crippen LogP contribution in [0.3, 0.4) is 0 Å². The average molecular weight is 384 g/mol. The lowest BCUT2D eigenvalue weighted by Crippen LogP contribution is -2.18. The standard InChI is InChI=1S/C23H29FN2O2/c1-15-11-18(24)9-10-19(15)20-13-21(25-14-22(20)26(2)3)17-7-5-16(6-8-17)12-23(27)28-4/h9-11,13-14,16-17H,5-8,12H2,1-4H3. The Morgan fingerprint density at radius 3 is 2.50 bits per heavy atom. The Balaban J connectivity index is 1.85. The van der Waals surface area contributed by atoms with Gasteiger partial charge in [-0.15, -0.1) is 0 Å². The highest BCUT2D eigenvalue weighted by Gasteiger charge is 2.26. The predicted octanol–water partition coefficient (Wildman–Crippen LogP) is 5.10. The molecule has 1 aliphatic carbocycles. The predicted molar refractivity (Wildman–Crippen MR) is 110 cm³/mol. The van der Waals surface area contributed by atoms with Crippen LogP contribution in [0.4, 0.5) is 10.1 Å². The van der Waals surface area contributed by atoms with Gasteiger partial charge in [-0.05, 0) is 67.9 Å².